The van der Waals surface area contributed by atoms with Gasteiger partial charge in [-0.15, -0.1) is 0 Å². The molecule has 0 saturated heterocycles. The van der Waals surface area contributed by atoms with E-state index in [4.69, 9.17) is 0 Å². The summed E-state index contributed by atoms with van der Waals surface area (Å²) in [6.45, 7) is -0.108. The number of carbonyl (C=O) groups excluding carboxylic acids is 2. The summed E-state index contributed by atoms with van der Waals surface area (Å²) in [5.74, 6) is -1.30. The Hall–Kier alpha value is -2.80. The van der Waals surface area contributed by atoms with Gasteiger partial charge >= 0.3 is 5.97 Å². The zero-order valence-electron chi connectivity index (χ0n) is 12.7. The fourth-order valence-corrected chi connectivity index (χ4v) is 3.26. The summed E-state index contributed by atoms with van der Waals surface area (Å²) >= 11 is 1.14. The van der Waals surface area contributed by atoms with E-state index in [-0.39, 0.29) is 6.54 Å². The van der Waals surface area contributed by atoms with Gasteiger partial charge < -0.3 is 9.30 Å². The minimum absolute atomic E-state index is 0.108. The van der Waals surface area contributed by atoms with Gasteiger partial charge in [0.2, 0.25) is 0 Å². The van der Waals surface area contributed by atoms with Gasteiger partial charge in [0.05, 0.1) is 17.3 Å². The molecular formula is C17H13FN2O3S. The minimum atomic E-state index is -0.479. The molecule has 0 fully saturated rings. The van der Waals surface area contributed by atoms with E-state index in [1.807, 2.05) is 0 Å². The number of halogens is 1. The lowest BCUT2D eigenvalue weighted by Crippen LogP contribution is -2.22. The first kappa shape index (κ1) is 16.1. The summed E-state index contributed by atoms with van der Waals surface area (Å²) < 4.78 is 20.3. The van der Waals surface area contributed by atoms with E-state index >= 15 is 0 Å². The Morgan fingerprint density at radius 1 is 1.21 bits per heavy atom. The molecule has 0 unspecified atom stereocenters. The number of hydrogen-bond donors (Lipinski definition) is 0. The van der Waals surface area contributed by atoms with E-state index in [9.17, 15) is 14.0 Å². The number of benzene rings is 2. The summed E-state index contributed by atoms with van der Waals surface area (Å²) in [7, 11) is 1.28. The van der Waals surface area contributed by atoms with Gasteiger partial charge in [0.1, 0.15) is 12.4 Å². The van der Waals surface area contributed by atoms with Crippen LogP contribution in [0.25, 0.3) is 10.2 Å². The topological polar surface area (TPSA) is 60.7 Å². The number of nitrogens with zero attached hydrogens (tertiary/aromatic N) is 2. The molecule has 0 radical (unpaired) electrons. The highest BCUT2D eigenvalue weighted by Gasteiger charge is 2.13. The predicted octanol–water partition coefficient (Wildman–Crippen LogP) is 2.76. The second-order valence-electron chi connectivity index (χ2n) is 4.94. The van der Waals surface area contributed by atoms with Crippen LogP contribution < -0.4 is 4.80 Å². The van der Waals surface area contributed by atoms with Crippen molar-refractivity contribution in [3.05, 3.63) is 64.7 Å². The Bertz CT molecular complexity index is 976. The summed E-state index contributed by atoms with van der Waals surface area (Å²) in [5.41, 5.74) is 1.05. The summed E-state index contributed by atoms with van der Waals surface area (Å²) in [5, 5.41) is 0. The molecule has 0 N–H and O–H groups in total. The average molecular weight is 344 g/mol. The Morgan fingerprint density at radius 2 is 1.96 bits per heavy atom. The zero-order valence-corrected chi connectivity index (χ0v) is 13.5. The van der Waals surface area contributed by atoms with Gasteiger partial charge in [0.15, 0.2) is 4.80 Å². The third-order valence-electron chi connectivity index (χ3n) is 3.38. The van der Waals surface area contributed by atoms with Crippen molar-refractivity contribution in [2.24, 2.45) is 4.99 Å². The Morgan fingerprint density at radius 3 is 2.67 bits per heavy atom. The van der Waals surface area contributed by atoms with Crippen LogP contribution >= 0.6 is 11.3 Å². The summed E-state index contributed by atoms with van der Waals surface area (Å²) in [6.07, 6.45) is 0. The van der Waals surface area contributed by atoms with Gasteiger partial charge in [-0.3, -0.25) is 9.59 Å². The second-order valence-corrected chi connectivity index (χ2v) is 5.95. The van der Waals surface area contributed by atoms with Crippen LogP contribution in [-0.4, -0.2) is 23.6 Å². The maximum Gasteiger partial charge on any atom is 0.325 e. The van der Waals surface area contributed by atoms with Crippen LogP contribution in [-0.2, 0) is 16.1 Å². The fraction of sp³-hybridized carbons (Fsp3) is 0.118. The molecule has 122 valence electrons. The van der Waals surface area contributed by atoms with Gasteiger partial charge in [-0.2, -0.15) is 4.99 Å². The molecule has 0 aliphatic carbocycles. The highest BCUT2D eigenvalue weighted by atomic mass is 32.1. The molecule has 1 amide bonds. The van der Waals surface area contributed by atoms with Crippen LogP contribution in [0.5, 0.6) is 0 Å². The first-order chi connectivity index (χ1) is 11.6. The van der Waals surface area contributed by atoms with Crippen LogP contribution in [0.15, 0.2) is 53.5 Å². The standard InChI is InChI=1S/C17H13FN2O3S/c1-23-15(21)10-20-13-8-7-12(18)9-14(13)24-17(20)19-16(22)11-5-3-2-4-6-11/h2-9H,10H2,1H3. The predicted molar refractivity (Wildman–Crippen MR) is 88.1 cm³/mol. The van der Waals surface area contributed by atoms with Crippen LogP contribution in [0.3, 0.4) is 0 Å². The third-order valence-corrected chi connectivity index (χ3v) is 4.42. The molecule has 0 aliphatic rings. The highest BCUT2D eigenvalue weighted by Crippen LogP contribution is 2.19. The van der Waals surface area contributed by atoms with Crippen molar-refractivity contribution < 1.29 is 18.7 Å². The molecule has 5 nitrogen and oxygen atoms in total. The van der Waals surface area contributed by atoms with E-state index < -0.39 is 17.7 Å². The second kappa shape index (κ2) is 6.76. The molecule has 0 bridgehead atoms. The lowest BCUT2D eigenvalue weighted by atomic mass is 10.2. The van der Waals surface area contributed by atoms with Crippen molar-refractivity contribution in [3.8, 4) is 0 Å². The molecule has 1 aromatic heterocycles. The van der Waals surface area contributed by atoms with Gasteiger partial charge in [-0.1, -0.05) is 29.5 Å². The zero-order chi connectivity index (χ0) is 17.1. The SMILES string of the molecule is COC(=O)Cn1c(=NC(=O)c2ccccc2)sc2cc(F)ccc21. The molecule has 7 heteroatoms. The third kappa shape index (κ3) is 3.26. The van der Waals surface area contributed by atoms with Crippen LogP contribution in [0.4, 0.5) is 4.39 Å². The van der Waals surface area contributed by atoms with Gasteiger partial charge in [0, 0.05) is 5.56 Å². The first-order valence-corrected chi connectivity index (χ1v) is 7.90. The number of thiazole rings is 1. The lowest BCUT2D eigenvalue weighted by molar-refractivity contribution is -0.141. The van der Waals surface area contributed by atoms with Gasteiger partial charge in [0.25, 0.3) is 5.91 Å². The highest BCUT2D eigenvalue weighted by molar-refractivity contribution is 7.16. The number of esters is 1. The van der Waals surface area contributed by atoms with E-state index in [2.05, 4.69) is 9.73 Å². The molecule has 0 saturated carbocycles. The Labute approximate surface area is 140 Å². The van der Waals surface area contributed by atoms with Crippen molar-refractivity contribution >= 4 is 33.4 Å². The van der Waals surface area contributed by atoms with Crippen molar-refractivity contribution in [3.63, 3.8) is 0 Å². The van der Waals surface area contributed by atoms with Crippen molar-refractivity contribution in [1.29, 1.82) is 0 Å². The number of aromatic nitrogens is 1. The smallest absolute Gasteiger partial charge is 0.325 e. The summed E-state index contributed by atoms with van der Waals surface area (Å²) in [4.78, 5) is 28.4. The largest absolute Gasteiger partial charge is 0.468 e. The fourth-order valence-electron chi connectivity index (χ4n) is 2.21. The molecule has 0 atom stereocenters. The Kier molecular flexibility index (Phi) is 4.52. The normalized spacial score (nSPS) is 11.7. The van der Waals surface area contributed by atoms with Crippen molar-refractivity contribution in [1.82, 2.24) is 4.57 Å². The Balaban J connectivity index is 2.15. The average Bonchev–Trinajstić information content (AvgIpc) is 2.91. The monoisotopic (exact) mass is 344 g/mol. The van der Waals surface area contributed by atoms with Crippen molar-refractivity contribution in [2.75, 3.05) is 7.11 Å². The van der Waals surface area contributed by atoms with Gasteiger partial charge in [-0.25, -0.2) is 4.39 Å². The van der Waals surface area contributed by atoms with Crippen LogP contribution in [0.2, 0.25) is 0 Å². The number of carbonyl (C=O) groups is 2. The molecule has 0 spiro atoms. The van der Waals surface area contributed by atoms with E-state index in [0.717, 1.165) is 11.3 Å². The first-order valence-electron chi connectivity index (χ1n) is 7.08. The maximum absolute atomic E-state index is 13.4. The number of amides is 1. The lowest BCUT2D eigenvalue weighted by Gasteiger charge is -2.03. The molecule has 1 heterocycles. The number of hydrogen-bond acceptors (Lipinski definition) is 4. The molecular weight excluding hydrogens is 331 g/mol. The van der Waals surface area contributed by atoms with Crippen LogP contribution in [0.1, 0.15) is 10.4 Å². The molecule has 3 rings (SSSR count). The maximum atomic E-state index is 13.4. The molecule has 2 aromatic carbocycles. The van der Waals surface area contributed by atoms with Gasteiger partial charge in [-0.05, 0) is 30.3 Å². The number of ether oxygens (including phenoxy) is 1. The molecule has 0 aliphatic heterocycles. The van der Waals surface area contributed by atoms with Crippen molar-refractivity contribution in [2.45, 2.75) is 6.54 Å². The molecule has 3 aromatic rings. The minimum Gasteiger partial charge on any atom is -0.468 e. The summed E-state index contributed by atoms with van der Waals surface area (Å²) in [6, 6.07) is 12.8. The van der Waals surface area contributed by atoms with E-state index in [1.54, 1.807) is 41.0 Å². The number of rotatable bonds is 3. The van der Waals surface area contributed by atoms with Crippen LogP contribution in [0, 0.1) is 5.82 Å². The number of fused-ring (bicyclic) bond motifs is 1. The molecule has 24 heavy (non-hydrogen) atoms. The van der Waals surface area contributed by atoms with E-state index in [1.165, 1.54) is 19.2 Å². The quantitative estimate of drug-likeness (QED) is 0.687. The van der Waals surface area contributed by atoms with E-state index in [0.29, 0.717) is 20.6 Å². The number of methoxy groups -OCH3 is 1.